The molecule has 1 aliphatic rings. The van der Waals surface area contributed by atoms with E-state index >= 15 is 0 Å². The van der Waals surface area contributed by atoms with E-state index in [9.17, 15) is 12.8 Å². The van der Waals surface area contributed by atoms with Gasteiger partial charge in [0.05, 0.1) is 7.11 Å². The van der Waals surface area contributed by atoms with E-state index in [0.717, 1.165) is 43.6 Å². The Labute approximate surface area is 209 Å². The molecule has 2 aromatic carbocycles. The zero-order valence-corrected chi connectivity index (χ0v) is 21.4. The fourth-order valence-electron chi connectivity index (χ4n) is 4.34. The predicted octanol–water partition coefficient (Wildman–Crippen LogP) is 5.35. The summed E-state index contributed by atoms with van der Waals surface area (Å²) >= 11 is 0. The van der Waals surface area contributed by atoms with Gasteiger partial charge in [-0.05, 0) is 73.8 Å². The number of piperidine rings is 1. The number of halogens is 1. The molecule has 0 bridgehead atoms. The summed E-state index contributed by atoms with van der Waals surface area (Å²) in [5.41, 5.74) is 1.63. The average molecular weight is 499 g/mol. The Bertz CT molecular complexity index is 1140. The van der Waals surface area contributed by atoms with Gasteiger partial charge < -0.3 is 9.64 Å². The second-order valence-corrected chi connectivity index (χ2v) is 10.6. The van der Waals surface area contributed by atoms with Crippen LogP contribution in [0.25, 0.3) is 5.57 Å². The third kappa shape index (κ3) is 7.13. The number of sulfonamides is 1. The number of hydrogen-bond acceptors (Lipinski definition) is 4. The van der Waals surface area contributed by atoms with Crippen molar-refractivity contribution in [1.29, 1.82) is 0 Å². The first-order chi connectivity index (χ1) is 16.9. The molecule has 1 aliphatic heterocycles. The van der Waals surface area contributed by atoms with E-state index in [1.165, 1.54) is 22.5 Å². The van der Waals surface area contributed by atoms with Crippen LogP contribution in [0.2, 0.25) is 0 Å². The first-order valence-corrected chi connectivity index (χ1v) is 13.4. The smallest absolute Gasteiger partial charge is 0.246 e. The average Bonchev–Trinajstić information content (AvgIpc) is 2.88. The van der Waals surface area contributed by atoms with Crippen molar-refractivity contribution in [3.8, 4) is 0 Å². The third-order valence-electron chi connectivity index (χ3n) is 6.40. The lowest BCUT2D eigenvalue weighted by Crippen LogP contribution is -2.41. The Kier molecular flexibility index (Phi) is 9.83. The van der Waals surface area contributed by atoms with Gasteiger partial charge in [0.15, 0.2) is 0 Å². The molecule has 0 spiro atoms. The molecule has 35 heavy (non-hydrogen) atoms. The monoisotopic (exact) mass is 498 g/mol. The van der Waals surface area contributed by atoms with Crippen molar-refractivity contribution >= 4 is 15.6 Å². The van der Waals surface area contributed by atoms with Gasteiger partial charge >= 0.3 is 0 Å². The largest absolute Gasteiger partial charge is 0.497 e. The number of likely N-dealkylation sites (tertiary alicyclic amines) is 1. The molecule has 0 N–H and O–H groups in total. The van der Waals surface area contributed by atoms with E-state index in [4.69, 9.17) is 4.74 Å². The van der Waals surface area contributed by atoms with Crippen LogP contribution in [0, 0.1) is 11.7 Å². The first kappa shape index (κ1) is 26.9. The van der Waals surface area contributed by atoms with E-state index < -0.39 is 15.8 Å². The fourth-order valence-corrected chi connectivity index (χ4v) is 5.90. The maximum atomic E-state index is 14.7. The van der Waals surface area contributed by atoms with Crippen LogP contribution in [0.5, 0.6) is 0 Å². The molecule has 188 valence electrons. The van der Waals surface area contributed by atoms with Crippen molar-refractivity contribution < 1.29 is 17.5 Å². The van der Waals surface area contributed by atoms with E-state index in [1.807, 2.05) is 36.4 Å². The molecule has 0 radical (unpaired) electrons. The molecule has 3 rings (SSSR count). The summed E-state index contributed by atoms with van der Waals surface area (Å²) in [5.74, 6) is 0.00741. The minimum absolute atomic E-state index is 0.0898. The van der Waals surface area contributed by atoms with Gasteiger partial charge in [-0.15, -0.1) is 0 Å². The predicted molar refractivity (Wildman–Crippen MR) is 140 cm³/mol. The molecule has 0 aliphatic carbocycles. The Hall–Kier alpha value is -2.74. The summed E-state index contributed by atoms with van der Waals surface area (Å²) < 4.78 is 49.1. The van der Waals surface area contributed by atoms with Crippen LogP contribution in [-0.2, 0) is 14.8 Å². The van der Waals surface area contributed by atoms with Crippen molar-refractivity contribution in [3.63, 3.8) is 0 Å². The van der Waals surface area contributed by atoms with E-state index in [-0.39, 0.29) is 17.4 Å². The summed E-state index contributed by atoms with van der Waals surface area (Å²) in [4.78, 5) is 2.07. The van der Waals surface area contributed by atoms with Gasteiger partial charge in [-0.3, -0.25) is 0 Å². The van der Waals surface area contributed by atoms with Gasteiger partial charge in [0.2, 0.25) is 10.0 Å². The number of ether oxygens (including phenoxy) is 1. The fraction of sp³-hybridized carbons (Fsp3) is 0.357. The molecule has 0 aromatic heterocycles. The number of rotatable bonds is 11. The first-order valence-electron chi connectivity index (χ1n) is 12.0. The van der Waals surface area contributed by atoms with Gasteiger partial charge in [0.25, 0.3) is 0 Å². The summed E-state index contributed by atoms with van der Waals surface area (Å²) in [5, 5.41) is 0. The zero-order valence-electron chi connectivity index (χ0n) is 20.6. The van der Waals surface area contributed by atoms with Crippen LogP contribution in [0.3, 0.4) is 0 Å². The Morgan fingerprint density at radius 2 is 1.80 bits per heavy atom. The van der Waals surface area contributed by atoms with Gasteiger partial charge in [-0.25, -0.2) is 12.8 Å². The molecule has 0 amide bonds. The van der Waals surface area contributed by atoms with Crippen LogP contribution < -0.4 is 0 Å². The van der Waals surface area contributed by atoms with Crippen LogP contribution in [-0.4, -0.2) is 57.5 Å². The molecule has 2 aromatic rings. The molecular weight excluding hydrogens is 463 g/mol. The third-order valence-corrected chi connectivity index (χ3v) is 8.24. The minimum atomic E-state index is -4.08. The molecule has 1 fully saturated rings. The highest BCUT2D eigenvalue weighted by Crippen LogP contribution is 2.28. The van der Waals surface area contributed by atoms with Crippen molar-refractivity contribution in [2.24, 2.45) is 5.92 Å². The van der Waals surface area contributed by atoms with E-state index in [1.54, 1.807) is 25.3 Å². The van der Waals surface area contributed by atoms with Crippen molar-refractivity contribution in [2.45, 2.75) is 24.7 Å². The number of benzene rings is 2. The molecule has 5 nitrogen and oxygen atoms in total. The highest BCUT2D eigenvalue weighted by atomic mass is 32.2. The van der Waals surface area contributed by atoms with Crippen molar-refractivity contribution in [1.82, 2.24) is 9.21 Å². The van der Waals surface area contributed by atoms with Crippen LogP contribution >= 0.6 is 0 Å². The lowest BCUT2D eigenvalue weighted by atomic mass is 9.96. The molecule has 1 saturated heterocycles. The maximum Gasteiger partial charge on any atom is 0.246 e. The normalized spacial score (nSPS) is 16.5. The van der Waals surface area contributed by atoms with Gasteiger partial charge in [0, 0.05) is 13.1 Å². The van der Waals surface area contributed by atoms with Crippen LogP contribution in [0.15, 0.2) is 90.1 Å². The number of methoxy groups -OCH3 is 1. The summed E-state index contributed by atoms with van der Waals surface area (Å²) in [7, 11) is -2.53. The number of nitrogens with zero attached hydrogens (tertiary/aromatic N) is 2. The number of hydrogen-bond donors (Lipinski definition) is 0. The molecular formula is C28H35FN2O3S. The van der Waals surface area contributed by atoms with E-state index in [0.29, 0.717) is 12.3 Å². The minimum Gasteiger partial charge on any atom is -0.497 e. The molecule has 0 atom stereocenters. The highest BCUT2D eigenvalue weighted by molar-refractivity contribution is 7.89. The highest BCUT2D eigenvalue weighted by Gasteiger charge is 2.31. The van der Waals surface area contributed by atoms with Gasteiger partial charge in [-0.2, -0.15) is 4.31 Å². The standard InChI is InChI=1S/C28H35FN2O3S/c1-4-11-26(34-3)20-25(24-12-7-6-8-13-24)22-31(21-23-16-18-30(5-2)19-17-23)35(32,33)28-15-10-9-14-27(28)29/h4,6-15,20,23H,1,5,16-19,21-22H2,2-3H3/b25-20+,26-11+. The van der Waals surface area contributed by atoms with E-state index in [2.05, 4.69) is 18.4 Å². The Balaban J connectivity index is 2.02. The second-order valence-electron chi connectivity index (χ2n) is 8.65. The molecule has 0 saturated carbocycles. The zero-order chi connectivity index (χ0) is 25.3. The van der Waals surface area contributed by atoms with Gasteiger partial charge in [0.1, 0.15) is 16.5 Å². The van der Waals surface area contributed by atoms with Gasteiger partial charge in [-0.1, -0.05) is 62.0 Å². The number of allylic oxidation sites excluding steroid dienone is 3. The SMILES string of the molecule is C=C/C=C(\C=C(/CN(CC1CCN(CC)CC1)S(=O)(=O)c1ccccc1F)c1ccccc1)OC. The second kappa shape index (κ2) is 12.8. The summed E-state index contributed by atoms with van der Waals surface area (Å²) in [6.45, 7) is 9.14. The van der Waals surface area contributed by atoms with Crippen molar-refractivity contribution in [3.05, 3.63) is 96.5 Å². The lowest BCUT2D eigenvalue weighted by Gasteiger charge is -2.34. The summed E-state index contributed by atoms with van der Waals surface area (Å²) in [6.07, 6.45) is 6.97. The molecule has 0 unspecified atom stereocenters. The molecule has 1 heterocycles. The Morgan fingerprint density at radius 3 is 2.40 bits per heavy atom. The topological polar surface area (TPSA) is 49.9 Å². The van der Waals surface area contributed by atoms with Crippen molar-refractivity contribution in [2.75, 3.05) is 39.8 Å². The maximum absolute atomic E-state index is 14.7. The lowest BCUT2D eigenvalue weighted by molar-refractivity contribution is 0.177. The van der Waals surface area contributed by atoms with Crippen LogP contribution in [0.4, 0.5) is 4.39 Å². The quantitative estimate of drug-likeness (QED) is 0.310. The molecule has 7 heteroatoms. The Morgan fingerprint density at radius 1 is 1.14 bits per heavy atom. The van der Waals surface area contributed by atoms with Crippen LogP contribution in [0.1, 0.15) is 25.3 Å². The summed E-state index contributed by atoms with van der Waals surface area (Å²) in [6, 6.07) is 15.2.